The summed E-state index contributed by atoms with van der Waals surface area (Å²) in [6, 6.07) is 8.77. The molecule has 0 amide bonds. The van der Waals surface area contributed by atoms with Crippen LogP contribution in [0.5, 0.6) is 17.2 Å². The standard InChI is InChI=1S/C12H10O4.C12H16O/c1-2-6-5-9(15)10-7(13)3-4-8(14)11(10)12(6)16;1-2-3-4-5-8-13-12-9-10-6-7-11(10)12/h3-5,13-14H,2H2,1H3;6-7,9H,2-5,8H2,1H3. The highest BCUT2D eigenvalue weighted by molar-refractivity contribution is 6.26. The number of phenolic OH excluding ortho intramolecular Hbond substituents is 2. The van der Waals surface area contributed by atoms with Crippen LogP contribution < -0.4 is 4.74 Å². The van der Waals surface area contributed by atoms with Gasteiger partial charge in [0.05, 0.1) is 17.7 Å². The van der Waals surface area contributed by atoms with Crippen molar-refractivity contribution in [3.8, 4) is 17.2 Å². The second kappa shape index (κ2) is 8.95. The van der Waals surface area contributed by atoms with E-state index in [4.69, 9.17) is 4.74 Å². The van der Waals surface area contributed by atoms with Crippen molar-refractivity contribution in [2.45, 2.75) is 46.0 Å². The van der Waals surface area contributed by atoms with Crippen LogP contribution in [-0.2, 0) is 0 Å². The molecule has 0 fully saturated rings. The Morgan fingerprint density at radius 1 is 0.897 bits per heavy atom. The molecule has 4 rings (SSSR count). The van der Waals surface area contributed by atoms with Crippen molar-refractivity contribution in [2.24, 2.45) is 0 Å². The van der Waals surface area contributed by atoms with Gasteiger partial charge in [-0.25, -0.2) is 0 Å². The van der Waals surface area contributed by atoms with Crippen molar-refractivity contribution in [3.05, 3.63) is 63.5 Å². The van der Waals surface area contributed by atoms with E-state index in [1.54, 1.807) is 6.92 Å². The Morgan fingerprint density at radius 2 is 1.62 bits per heavy atom. The van der Waals surface area contributed by atoms with E-state index in [1.807, 2.05) is 0 Å². The van der Waals surface area contributed by atoms with Gasteiger partial charge in [-0.1, -0.05) is 45.2 Å². The Labute approximate surface area is 170 Å². The number of Topliss-reactive ketones (excluding diaryl/α,β-unsaturated/α-hetero) is 1. The highest BCUT2D eigenvalue weighted by Crippen LogP contribution is 2.35. The second-order valence-corrected chi connectivity index (χ2v) is 7.19. The Balaban J connectivity index is 0.000000169. The average molecular weight is 394 g/mol. The number of benzene rings is 2. The third-order valence-corrected chi connectivity index (χ3v) is 5.16. The monoisotopic (exact) mass is 394 g/mol. The molecule has 0 atom stereocenters. The van der Waals surface area contributed by atoms with E-state index in [0.717, 1.165) is 12.4 Å². The van der Waals surface area contributed by atoms with E-state index in [9.17, 15) is 19.8 Å². The van der Waals surface area contributed by atoms with Crippen LogP contribution >= 0.6 is 0 Å². The van der Waals surface area contributed by atoms with Gasteiger partial charge in [0, 0.05) is 10.8 Å². The van der Waals surface area contributed by atoms with E-state index < -0.39 is 11.6 Å². The molecule has 1 aromatic carbocycles. The number of ether oxygens (including phenoxy) is 1. The number of carbonyl (C=O) groups is 2. The summed E-state index contributed by atoms with van der Waals surface area (Å²) >= 11 is 0. The van der Waals surface area contributed by atoms with Gasteiger partial charge in [0.1, 0.15) is 17.2 Å². The second-order valence-electron chi connectivity index (χ2n) is 7.19. The molecule has 2 N–H and O–H groups in total. The Morgan fingerprint density at radius 3 is 2.17 bits per heavy atom. The van der Waals surface area contributed by atoms with Crippen molar-refractivity contribution in [2.75, 3.05) is 6.61 Å². The van der Waals surface area contributed by atoms with Crippen LogP contribution in [0.4, 0.5) is 0 Å². The SMILES string of the molecule is CCC1=CC(=O)c2c(O)ccc(O)c2C1=O.CCCCCCOc1cc2ccc1=2. The molecule has 0 spiro atoms. The molecule has 0 unspecified atom stereocenters. The number of aromatic hydroxyl groups is 2. The van der Waals surface area contributed by atoms with E-state index >= 15 is 0 Å². The Bertz CT molecular complexity index is 1070. The predicted molar refractivity (Wildman–Crippen MR) is 111 cm³/mol. The maximum Gasteiger partial charge on any atom is 0.193 e. The van der Waals surface area contributed by atoms with Crippen LogP contribution in [0, 0.1) is 10.4 Å². The first-order valence-electron chi connectivity index (χ1n) is 10.1. The van der Waals surface area contributed by atoms with Gasteiger partial charge in [0.2, 0.25) is 0 Å². The van der Waals surface area contributed by atoms with Gasteiger partial charge in [-0.15, -0.1) is 0 Å². The average Bonchev–Trinajstić information content (AvgIpc) is 2.69. The number of phenols is 2. The van der Waals surface area contributed by atoms with Crippen LogP contribution in [-0.4, -0.2) is 28.4 Å². The zero-order valence-corrected chi connectivity index (χ0v) is 16.8. The summed E-state index contributed by atoms with van der Waals surface area (Å²) in [7, 11) is 0. The minimum atomic E-state index is -0.445. The van der Waals surface area contributed by atoms with Crippen molar-refractivity contribution in [1.82, 2.24) is 0 Å². The third kappa shape index (κ3) is 4.19. The summed E-state index contributed by atoms with van der Waals surface area (Å²) in [5.74, 6) is -0.290. The number of unbranched alkanes of at least 4 members (excludes halogenated alkanes) is 3. The number of ketones is 2. The van der Waals surface area contributed by atoms with Crippen LogP contribution in [0.3, 0.4) is 0 Å². The molecular weight excluding hydrogens is 368 g/mol. The number of allylic oxidation sites excluding steroid dienone is 2. The summed E-state index contributed by atoms with van der Waals surface area (Å²) in [6.07, 6.45) is 6.74. The van der Waals surface area contributed by atoms with E-state index in [2.05, 4.69) is 25.1 Å². The molecule has 0 saturated heterocycles. The zero-order valence-electron chi connectivity index (χ0n) is 16.8. The van der Waals surface area contributed by atoms with Crippen LogP contribution in [0.25, 0.3) is 0 Å². The molecule has 152 valence electrons. The maximum atomic E-state index is 11.9. The van der Waals surface area contributed by atoms with Gasteiger partial charge in [-0.3, -0.25) is 9.59 Å². The van der Waals surface area contributed by atoms with E-state index in [-0.39, 0.29) is 22.6 Å². The molecule has 3 aliphatic carbocycles. The lowest BCUT2D eigenvalue weighted by molar-refractivity contribution is 0.0977. The number of rotatable bonds is 7. The summed E-state index contributed by atoms with van der Waals surface area (Å²) in [5, 5.41) is 21.8. The minimum Gasteiger partial charge on any atom is -0.507 e. The number of fused-ring (bicyclic) bond motifs is 1. The largest absolute Gasteiger partial charge is 0.507 e. The topological polar surface area (TPSA) is 83.8 Å². The fourth-order valence-corrected chi connectivity index (χ4v) is 3.36. The van der Waals surface area contributed by atoms with Gasteiger partial charge in [0.15, 0.2) is 11.6 Å². The number of carbonyl (C=O) groups excluding carboxylic acids is 2. The number of hydrogen-bond acceptors (Lipinski definition) is 5. The molecule has 1 aromatic rings. The summed E-state index contributed by atoms with van der Waals surface area (Å²) < 4.78 is 5.61. The minimum absolute atomic E-state index is 0.0932. The smallest absolute Gasteiger partial charge is 0.193 e. The van der Waals surface area contributed by atoms with Gasteiger partial charge in [-0.05, 0) is 42.3 Å². The zero-order chi connectivity index (χ0) is 21.0. The lowest BCUT2D eigenvalue weighted by atomic mass is 9.87. The third-order valence-electron chi connectivity index (χ3n) is 5.16. The number of hydrogen-bond donors (Lipinski definition) is 2. The van der Waals surface area contributed by atoms with Crippen LogP contribution in [0.2, 0.25) is 0 Å². The van der Waals surface area contributed by atoms with E-state index in [0.29, 0.717) is 12.0 Å². The fourth-order valence-electron chi connectivity index (χ4n) is 3.36. The van der Waals surface area contributed by atoms with Gasteiger partial charge in [-0.2, -0.15) is 0 Å². The molecule has 3 aliphatic rings. The van der Waals surface area contributed by atoms with Crippen LogP contribution in [0.15, 0.2) is 42.0 Å². The molecule has 0 aliphatic heterocycles. The van der Waals surface area contributed by atoms with Crippen molar-refractivity contribution < 1.29 is 24.5 Å². The molecule has 5 nitrogen and oxygen atoms in total. The highest BCUT2D eigenvalue weighted by atomic mass is 16.5. The first-order valence-corrected chi connectivity index (χ1v) is 10.1. The molecular formula is C24H26O5. The fraction of sp³-hybridized carbons (Fsp3) is 0.333. The molecule has 5 heteroatoms. The molecule has 0 bridgehead atoms. The molecule has 29 heavy (non-hydrogen) atoms. The normalized spacial score (nSPS) is 13.2. The summed E-state index contributed by atoms with van der Waals surface area (Å²) in [6.45, 7) is 4.86. The first kappa shape index (κ1) is 20.6. The van der Waals surface area contributed by atoms with Gasteiger partial charge >= 0.3 is 0 Å². The lowest BCUT2D eigenvalue weighted by Gasteiger charge is -2.16. The quantitative estimate of drug-likeness (QED) is 0.432. The Kier molecular flexibility index (Phi) is 6.37. The highest BCUT2D eigenvalue weighted by Gasteiger charge is 2.29. The molecule has 0 aromatic heterocycles. The van der Waals surface area contributed by atoms with Gasteiger partial charge < -0.3 is 14.9 Å². The Hall–Kier alpha value is -3.08. The molecule has 0 radical (unpaired) electrons. The maximum absolute atomic E-state index is 11.9. The summed E-state index contributed by atoms with van der Waals surface area (Å²) in [5.41, 5.74) is 0.143. The first-order chi connectivity index (χ1) is 14.0. The predicted octanol–water partition coefficient (Wildman–Crippen LogP) is 5.06. The van der Waals surface area contributed by atoms with Crippen molar-refractivity contribution in [3.63, 3.8) is 0 Å². The van der Waals surface area contributed by atoms with Gasteiger partial charge in [0.25, 0.3) is 0 Å². The lowest BCUT2D eigenvalue weighted by Crippen LogP contribution is -2.17. The van der Waals surface area contributed by atoms with E-state index in [1.165, 1.54) is 54.3 Å². The molecule has 0 heterocycles. The summed E-state index contributed by atoms with van der Waals surface area (Å²) in [4.78, 5) is 23.5. The van der Waals surface area contributed by atoms with Crippen molar-refractivity contribution in [1.29, 1.82) is 0 Å². The molecule has 0 saturated carbocycles. The van der Waals surface area contributed by atoms with Crippen LogP contribution in [0.1, 0.15) is 66.7 Å². The van der Waals surface area contributed by atoms with Crippen molar-refractivity contribution >= 4 is 11.6 Å².